The number of amides is 3. The smallest absolute Gasteiger partial charge is 0.321 e. The number of hydrogen-bond acceptors (Lipinski definition) is 5. The summed E-state index contributed by atoms with van der Waals surface area (Å²) in [6, 6.07) is 0.293. The van der Waals surface area contributed by atoms with Gasteiger partial charge in [-0.05, 0) is 26.7 Å². The first-order valence-electron chi connectivity index (χ1n) is 9.07. The molecule has 0 spiro atoms. The number of carbonyl (C=O) groups excluding carboxylic acids is 2. The van der Waals surface area contributed by atoms with Crippen molar-refractivity contribution >= 4 is 28.4 Å². The molecule has 0 aromatic carbocycles. The normalized spacial score (nSPS) is 18.2. The Morgan fingerprint density at radius 3 is 2.80 bits per heavy atom. The van der Waals surface area contributed by atoms with Crippen LogP contribution in [0.5, 0.6) is 0 Å². The average molecular weight is 366 g/mol. The van der Waals surface area contributed by atoms with Crippen molar-refractivity contribution in [3.8, 4) is 0 Å². The van der Waals surface area contributed by atoms with Gasteiger partial charge >= 0.3 is 6.03 Å². The highest BCUT2D eigenvalue weighted by molar-refractivity contribution is 7.15. The molecule has 3 amide bonds. The highest BCUT2D eigenvalue weighted by atomic mass is 32.1. The van der Waals surface area contributed by atoms with Crippen molar-refractivity contribution in [1.29, 1.82) is 0 Å². The molecule has 1 saturated carbocycles. The predicted molar refractivity (Wildman–Crippen MR) is 98.8 cm³/mol. The summed E-state index contributed by atoms with van der Waals surface area (Å²) >= 11 is 1.51. The number of nitrogens with zero attached hydrogens (tertiary/aromatic N) is 2. The van der Waals surface area contributed by atoms with Gasteiger partial charge in [-0.2, -0.15) is 0 Å². The minimum absolute atomic E-state index is 0.0530. The summed E-state index contributed by atoms with van der Waals surface area (Å²) in [5, 5.41) is 9.45. The molecule has 2 aliphatic rings. The van der Waals surface area contributed by atoms with Crippen LogP contribution < -0.4 is 16.0 Å². The third-order valence-electron chi connectivity index (χ3n) is 4.54. The van der Waals surface area contributed by atoms with Gasteiger partial charge in [0, 0.05) is 36.5 Å². The lowest BCUT2D eigenvalue weighted by Gasteiger charge is -2.25. The fourth-order valence-corrected chi connectivity index (χ4v) is 4.44. The zero-order chi connectivity index (χ0) is 17.8. The molecule has 3 N–H and O–H groups in total. The van der Waals surface area contributed by atoms with Crippen molar-refractivity contribution in [2.75, 3.05) is 18.4 Å². The third kappa shape index (κ3) is 5.15. The number of thiazole rings is 1. The Kier molecular flexibility index (Phi) is 5.90. The Morgan fingerprint density at radius 1 is 1.32 bits per heavy atom. The zero-order valence-corrected chi connectivity index (χ0v) is 15.7. The second kappa shape index (κ2) is 8.14. The number of urea groups is 1. The second-order valence-corrected chi connectivity index (χ2v) is 8.24. The third-order valence-corrected chi connectivity index (χ3v) is 5.54. The van der Waals surface area contributed by atoms with Gasteiger partial charge in [-0.15, -0.1) is 11.3 Å². The van der Waals surface area contributed by atoms with Crippen LogP contribution >= 0.6 is 11.3 Å². The molecule has 0 radical (unpaired) electrons. The van der Waals surface area contributed by atoms with Crippen molar-refractivity contribution in [3.63, 3.8) is 0 Å². The van der Waals surface area contributed by atoms with Gasteiger partial charge < -0.3 is 10.6 Å². The Morgan fingerprint density at radius 2 is 2.08 bits per heavy atom. The molecule has 0 unspecified atom stereocenters. The van der Waals surface area contributed by atoms with Gasteiger partial charge in [0.25, 0.3) is 0 Å². The molecule has 0 atom stereocenters. The summed E-state index contributed by atoms with van der Waals surface area (Å²) < 4.78 is 0. The van der Waals surface area contributed by atoms with Crippen LogP contribution in [0.4, 0.5) is 9.93 Å². The van der Waals surface area contributed by atoms with Gasteiger partial charge in [-0.25, -0.2) is 9.78 Å². The Labute approximate surface area is 152 Å². The Hall–Kier alpha value is -1.67. The molecule has 0 saturated heterocycles. The van der Waals surface area contributed by atoms with Crippen LogP contribution in [0.15, 0.2) is 0 Å². The van der Waals surface area contributed by atoms with E-state index >= 15 is 0 Å². The first-order chi connectivity index (χ1) is 12.0. The van der Waals surface area contributed by atoms with Crippen molar-refractivity contribution in [2.24, 2.45) is 0 Å². The topological polar surface area (TPSA) is 86.4 Å². The summed E-state index contributed by atoms with van der Waals surface area (Å²) in [5.41, 5.74) is 1.04. The average Bonchev–Trinajstić information content (AvgIpc) is 3.14. The number of carbonyl (C=O) groups is 2. The summed E-state index contributed by atoms with van der Waals surface area (Å²) in [6.07, 6.45) is 5.32. The zero-order valence-electron chi connectivity index (χ0n) is 14.9. The molecule has 8 heteroatoms. The van der Waals surface area contributed by atoms with E-state index in [-0.39, 0.29) is 18.0 Å². The fraction of sp³-hybridized carbons (Fsp3) is 0.706. The lowest BCUT2D eigenvalue weighted by atomic mass is 10.2. The highest BCUT2D eigenvalue weighted by Gasteiger charge is 2.23. The molecular weight excluding hydrogens is 338 g/mol. The van der Waals surface area contributed by atoms with Crippen LogP contribution in [0.2, 0.25) is 0 Å². The summed E-state index contributed by atoms with van der Waals surface area (Å²) in [7, 11) is 0. The van der Waals surface area contributed by atoms with E-state index < -0.39 is 0 Å². The maximum absolute atomic E-state index is 12.1. The van der Waals surface area contributed by atoms with Gasteiger partial charge in [0.1, 0.15) is 0 Å². The molecule has 1 aromatic rings. The van der Waals surface area contributed by atoms with E-state index in [9.17, 15) is 9.59 Å². The summed E-state index contributed by atoms with van der Waals surface area (Å²) in [6.45, 7) is 5.86. The molecule has 1 fully saturated rings. The molecule has 1 aliphatic carbocycles. The molecule has 2 heterocycles. The first kappa shape index (κ1) is 18.1. The van der Waals surface area contributed by atoms with Gasteiger partial charge in [0.2, 0.25) is 5.91 Å². The molecule has 0 bridgehead atoms. The fourth-order valence-electron chi connectivity index (χ4n) is 3.40. The van der Waals surface area contributed by atoms with E-state index in [4.69, 9.17) is 0 Å². The van der Waals surface area contributed by atoms with Crippen LogP contribution in [-0.4, -0.2) is 47.0 Å². The van der Waals surface area contributed by atoms with Crippen LogP contribution in [-0.2, 0) is 17.8 Å². The number of anilines is 1. The molecule has 3 rings (SSSR count). The maximum atomic E-state index is 12.1. The lowest BCUT2D eigenvalue weighted by molar-refractivity contribution is -0.122. The minimum atomic E-state index is -0.161. The standard InChI is InChI=1S/C17H27N5O2S/c1-11(2)18-15(23)10-22-8-7-13-14(9-22)25-17(20-13)21-16(24)19-12-5-3-4-6-12/h11-12H,3-10H2,1-2H3,(H,18,23)(H2,19,20,21,24). The van der Waals surface area contributed by atoms with E-state index in [1.54, 1.807) is 0 Å². The van der Waals surface area contributed by atoms with Gasteiger partial charge in [-0.3, -0.25) is 15.0 Å². The van der Waals surface area contributed by atoms with Gasteiger partial charge in [-0.1, -0.05) is 12.8 Å². The van der Waals surface area contributed by atoms with Crippen molar-refractivity contribution in [1.82, 2.24) is 20.5 Å². The summed E-state index contributed by atoms with van der Waals surface area (Å²) in [4.78, 5) is 31.8. The van der Waals surface area contributed by atoms with Crippen molar-refractivity contribution < 1.29 is 9.59 Å². The van der Waals surface area contributed by atoms with Crippen LogP contribution in [0.1, 0.15) is 50.1 Å². The Balaban J connectivity index is 1.51. The summed E-state index contributed by atoms with van der Waals surface area (Å²) in [5.74, 6) is 0.0530. The second-order valence-electron chi connectivity index (χ2n) is 7.15. The SMILES string of the molecule is CC(C)NC(=O)CN1CCc2nc(NC(=O)NC3CCCC3)sc2C1. The maximum Gasteiger partial charge on any atom is 0.321 e. The number of rotatable bonds is 5. The molecule has 138 valence electrons. The van der Waals surface area contributed by atoms with Crippen molar-refractivity contribution in [3.05, 3.63) is 10.6 Å². The van der Waals surface area contributed by atoms with E-state index in [1.807, 2.05) is 13.8 Å². The Bertz CT molecular complexity index is 625. The van der Waals surface area contributed by atoms with E-state index in [1.165, 1.54) is 24.2 Å². The molecule has 7 nitrogen and oxygen atoms in total. The molecular formula is C17H27N5O2S. The van der Waals surface area contributed by atoms with E-state index in [0.29, 0.717) is 24.3 Å². The van der Waals surface area contributed by atoms with Gasteiger partial charge in [0.15, 0.2) is 5.13 Å². The molecule has 1 aliphatic heterocycles. The number of nitrogens with one attached hydrogen (secondary N) is 3. The number of fused-ring (bicyclic) bond motifs is 1. The van der Waals surface area contributed by atoms with Crippen LogP contribution in [0, 0.1) is 0 Å². The molecule has 1 aromatic heterocycles. The first-order valence-corrected chi connectivity index (χ1v) is 9.89. The quantitative estimate of drug-likeness (QED) is 0.746. The lowest BCUT2D eigenvalue weighted by Crippen LogP contribution is -2.41. The van der Waals surface area contributed by atoms with E-state index in [0.717, 1.165) is 36.4 Å². The van der Waals surface area contributed by atoms with Crippen LogP contribution in [0.25, 0.3) is 0 Å². The largest absolute Gasteiger partial charge is 0.353 e. The highest BCUT2D eigenvalue weighted by Crippen LogP contribution is 2.28. The minimum Gasteiger partial charge on any atom is -0.353 e. The van der Waals surface area contributed by atoms with Crippen molar-refractivity contribution in [2.45, 2.75) is 64.6 Å². The molecule has 25 heavy (non-hydrogen) atoms. The number of aromatic nitrogens is 1. The van der Waals surface area contributed by atoms with E-state index in [2.05, 4.69) is 25.8 Å². The van der Waals surface area contributed by atoms with Crippen LogP contribution in [0.3, 0.4) is 0 Å². The monoisotopic (exact) mass is 365 g/mol. The number of hydrogen-bond donors (Lipinski definition) is 3. The predicted octanol–water partition coefficient (Wildman–Crippen LogP) is 2.09. The van der Waals surface area contributed by atoms with Gasteiger partial charge in [0.05, 0.1) is 12.2 Å².